The Morgan fingerprint density at radius 1 is 1.15 bits per heavy atom. The van der Waals surface area contributed by atoms with Gasteiger partial charge in [0, 0.05) is 30.8 Å². The molecule has 1 fully saturated rings. The number of hydrogen-bond donors (Lipinski definition) is 2. The molecule has 2 atom stereocenters. The number of pyridine rings is 2. The van der Waals surface area contributed by atoms with Gasteiger partial charge in [-0.3, -0.25) is 4.98 Å². The van der Waals surface area contributed by atoms with E-state index in [-0.39, 0.29) is 18.7 Å². The first kappa shape index (κ1) is 17.9. The topological polar surface area (TPSA) is 66.2 Å². The van der Waals surface area contributed by atoms with Crippen molar-refractivity contribution in [2.45, 2.75) is 12.1 Å². The zero-order valence-electron chi connectivity index (χ0n) is 14.4. The van der Waals surface area contributed by atoms with E-state index in [0.717, 1.165) is 17.2 Å². The van der Waals surface area contributed by atoms with Gasteiger partial charge < -0.3 is 19.9 Å². The molecule has 4 rings (SSSR count). The molecule has 0 aromatic carbocycles. The van der Waals surface area contributed by atoms with Crippen LogP contribution in [0, 0.1) is 0 Å². The van der Waals surface area contributed by atoms with Gasteiger partial charge in [-0.25, -0.2) is 4.98 Å². The van der Waals surface area contributed by atoms with Gasteiger partial charge in [-0.2, -0.15) is 0 Å². The molecule has 4 heterocycles. The molecule has 6 nitrogen and oxygen atoms in total. The lowest BCUT2D eigenvalue weighted by Gasteiger charge is -2.28. The van der Waals surface area contributed by atoms with Gasteiger partial charge in [0.25, 0.3) is 0 Å². The van der Waals surface area contributed by atoms with Gasteiger partial charge in [-0.05, 0) is 48.6 Å². The number of thiocarbonyl (C=S) groups is 1. The highest BCUT2D eigenvalue weighted by molar-refractivity contribution is 7.80. The van der Waals surface area contributed by atoms with Crippen molar-refractivity contribution < 1.29 is 5.11 Å². The van der Waals surface area contributed by atoms with Crippen LogP contribution in [0.1, 0.15) is 23.5 Å². The molecule has 1 aliphatic heterocycles. The van der Waals surface area contributed by atoms with Gasteiger partial charge >= 0.3 is 0 Å². The summed E-state index contributed by atoms with van der Waals surface area (Å²) in [6, 6.07) is 13.3. The summed E-state index contributed by atoms with van der Waals surface area (Å²) >= 11 is 11.5. The second-order valence-electron chi connectivity index (χ2n) is 6.18. The molecule has 0 saturated carbocycles. The van der Waals surface area contributed by atoms with Crippen molar-refractivity contribution in [1.82, 2.24) is 24.8 Å². The lowest BCUT2D eigenvalue weighted by Crippen LogP contribution is -2.33. The predicted octanol–water partition coefficient (Wildman–Crippen LogP) is 2.89. The van der Waals surface area contributed by atoms with Gasteiger partial charge in [0.2, 0.25) is 0 Å². The summed E-state index contributed by atoms with van der Waals surface area (Å²) in [5, 5.41) is 14.1. The van der Waals surface area contributed by atoms with Crippen LogP contribution < -0.4 is 5.32 Å². The van der Waals surface area contributed by atoms with Crippen LogP contribution in [-0.4, -0.2) is 42.8 Å². The summed E-state index contributed by atoms with van der Waals surface area (Å²) < 4.78 is 2.01. The molecule has 0 unspecified atom stereocenters. The number of hydrogen-bond acceptors (Lipinski definition) is 4. The Morgan fingerprint density at radius 3 is 2.74 bits per heavy atom. The molecule has 0 aliphatic carbocycles. The first-order valence-corrected chi connectivity index (χ1v) is 9.36. The minimum Gasteiger partial charge on any atom is -0.395 e. The Hall–Kier alpha value is -2.48. The highest BCUT2D eigenvalue weighted by Gasteiger charge is 2.40. The lowest BCUT2D eigenvalue weighted by molar-refractivity contribution is 0.220. The number of aliphatic hydroxyl groups excluding tert-OH is 1. The molecule has 0 radical (unpaired) electrons. The Morgan fingerprint density at radius 2 is 2.04 bits per heavy atom. The van der Waals surface area contributed by atoms with E-state index >= 15 is 0 Å². The quantitative estimate of drug-likeness (QED) is 0.643. The van der Waals surface area contributed by atoms with E-state index in [0.29, 0.717) is 16.7 Å². The zero-order chi connectivity index (χ0) is 18.8. The Balaban J connectivity index is 1.80. The van der Waals surface area contributed by atoms with Crippen LogP contribution in [0.25, 0.3) is 5.82 Å². The summed E-state index contributed by atoms with van der Waals surface area (Å²) in [7, 11) is 0. The standard InChI is InChI=1S/C19H18ClN5OS/c20-13-6-7-16(22-12-13)24-9-3-5-15(24)18-17(14-4-1-2-8-21-14)23-19(27)25(18)10-11-26/h1-9,12,17-18,26H,10-11H2,(H,23,27)/t17-,18+/m0/s1. The van der Waals surface area contributed by atoms with Crippen molar-refractivity contribution >= 4 is 28.9 Å². The average Bonchev–Trinajstić information content (AvgIpc) is 3.28. The Kier molecular flexibility index (Phi) is 5.07. The average molecular weight is 400 g/mol. The molecule has 3 aromatic heterocycles. The van der Waals surface area contributed by atoms with Gasteiger partial charge in [0.05, 0.1) is 29.4 Å². The number of aliphatic hydroxyl groups is 1. The van der Waals surface area contributed by atoms with Crippen LogP contribution in [-0.2, 0) is 0 Å². The highest BCUT2D eigenvalue weighted by atomic mass is 35.5. The number of nitrogens with zero attached hydrogens (tertiary/aromatic N) is 4. The number of nitrogens with one attached hydrogen (secondary N) is 1. The molecule has 2 N–H and O–H groups in total. The smallest absolute Gasteiger partial charge is 0.170 e. The van der Waals surface area contributed by atoms with Crippen molar-refractivity contribution in [2.24, 2.45) is 0 Å². The Labute approximate surface area is 167 Å². The van der Waals surface area contributed by atoms with Crippen LogP contribution in [0.4, 0.5) is 0 Å². The first-order valence-electron chi connectivity index (χ1n) is 8.57. The first-order chi connectivity index (χ1) is 13.2. The molecular weight excluding hydrogens is 382 g/mol. The third kappa shape index (κ3) is 3.41. The highest BCUT2D eigenvalue weighted by Crippen LogP contribution is 2.39. The monoisotopic (exact) mass is 399 g/mol. The van der Waals surface area contributed by atoms with E-state index in [1.165, 1.54) is 0 Å². The number of rotatable bonds is 5. The molecule has 1 aliphatic rings. The van der Waals surface area contributed by atoms with Crippen LogP contribution >= 0.6 is 23.8 Å². The SMILES string of the molecule is OCCN1C(=S)N[C@@H](c2ccccn2)[C@H]1c1cccn1-c1ccc(Cl)cn1. The number of β-amino-alcohol motifs (C(OH)–C–C–N with tert-alkyl or cyclic N) is 1. The van der Waals surface area contributed by atoms with Crippen LogP contribution in [0.15, 0.2) is 61.1 Å². The summed E-state index contributed by atoms with van der Waals surface area (Å²) in [6.07, 6.45) is 5.35. The minimum absolute atomic E-state index is 0.00710. The maximum absolute atomic E-state index is 9.55. The fraction of sp³-hybridized carbons (Fsp3) is 0.211. The summed E-state index contributed by atoms with van der Waals surface area (Å²) in [6.45, 7) is 0.437. The van der Waals surface area contributed by atoms with Crippen molar-refractivity contribution in [2.75, 3.05) is 13.2 Å². The molecule has 1 saturated heterocycles. The van der Waals surface area contributed by atoms with Gasteiger partial charge in [-0.15, -0.1) is 0 Å². The fourth-order valence-corrected chi connectivity index (χ4v) is 3.87. The number of halogens is 1. The van der Waals surface area contributed by atoms with Crippen LogP contribution in [0.2, 0.25) is 5.02 Å². The minimum atomic E-state index is -0.133. The predicted molar refractivity (Wildman–Crippen MR) is 108 cm³/mol. The molecule has 0 spiro atoms. The molecule has 0 amide bonds. The fourth-order valence-electron chi connectivity index (χ4n) is 3.43. The van der Waals surface area contributed by atoms with Crippen molar-refractivity contribution in [3.63, 3.8) is 0 Å². The lowest BCUT2D eigenvalue weighted by atomic mass is 10.0. The maximum atomic E-state index is 9.55. The summed E-state index contributed by atoms with van der Waals surface area (Å²) in [4.78, 5) is 10.9. The second-order valence-corrected chi connectivity index (χ2v) is 7.00. The molecular formula is C19H18ClN5OS. The second kappa shape index (κ2) is 7.64. The van der Waals surface area contributed by atoms with E-state index in [1.54, 1.807) is 12.4 Å². The van der Waals surface area contributed by atoms with E-state index < -0.39 is 0 Å². The largest absolute Gasteiger partial charge is 0.395 e. The maximum Gasteiger partial charge on any atom is 0.170 e. The van der Waals surface area contributed by atoms with Crippen molar-refractivity contribution in [3.8, 4) is 5.82 Å². The molecule has 27 heavy (non-hydrogen) atoms. The molecule has 3 aromatic rings. The normalized spacial score (nSPS) is 19.3. The third-order valence-corrected chi connectivity index (χ3v) is 5.16. The van der Waals surface area contributed by atoms with Crippen LogP contribution in [0.3, 0.4) is 0 Å². The molecule has 8 heteroatoms. The van der Waals surface area contributed by atoms with Gasteiger partial charge in [-0.1, -0.05) is 17.7 Å². The van der Waals surface area contributed by atoms with Crippen LogP contribution in [0.5, 0.6) is 0 Å². The van der Waals surface area contributed by atoms with E-state index in [4.69, 9.17) is 23.8 Å². The summed E-state index contributed by atoms with van der Waals surface area (Å²) in [5.41, 5.74) is 1.89. The molecule has 0 bridgehead atoms. The van der Waals surface area contributed by atoms with Gasteiger partial charge in [0.15, 0.2) is 5.11 Å². The Bertz CT molecular complexity index is 931. The number of aromatic nitrogens is 3. The van der Waals surface area contributed by atoms with E-state index in [2.05, 4.69) is 15.3 Å². The summed E-state index contributed by atoms with van der Waals surface area (Å²) in [5.74, 6) is 0.765. The van der Waals surface area contributed by atoms with Crippen molar-refractivity contribution in [3.05, 3.63) is 77.5 Å². The van der Waals surface area contributed by atoms with Crippen molar-refractivity contribution in [1.29, 1.82) is 0 Å². The third-order valence-electron chi connectivity index (χ3n) is 4.58. The van der Waals surface area contributed by atoms with E-state index in [9.17, 15) is 5.11 Å². The molecule has 138 valence electrons. The van der Waals surface area contributed by atoms with E-state index in [1.807, 2.05) is 58.1 Å². The zero-order valence-corrected chi connectivity index (χ0v) is 15.9. The van der Waals surface area contributed by atoms with Gasteiger partial charge in [0.1, 0.15) is 5.82 Å².